The van der Waals surface area contributed by atoms with Gasteiger partial charge in [-0.25, -0.2) is 4.39 Å². The highest BCUT2D eigenvalue weighted by Crippen LogP contribution is 2.43. The lowest BCUT2D eigenvalue weighted by Crippen LogP contribution is -2.32. The number of anilines is 3. The van der Waals surface area contributed by atoms with Crippen LogP contribution in [0, 0.1) is 11.7 Å². The van der Waals surface area contributed by atoms with Crippen molar-refractivity contribution in [1.82, 2.24) is 5.32 Å². The van der Waals surface area contributed by atoms with Gasteiger partial charge in [0.05, 0.1) is 7.11 Å². The summed E-state index contributed by atoms with van der Waals surface area (Å²) in [6.45, 7) is 3.35. The van der Waals surface area contributed by atoms with E-state index >= 15 is 0 Å². The minimum atomic E-state index is -0.350. The number of hydrogen-bond acceptors (Lipinski definition) is 4. The highest BCUT2D eigenvalue weighted by atomic mass is 19.1. The number of benzene rings is 2. The maximum absolute atomic E-state index is 13.6. The monoisotopic (exact) mass is 355 g/mol. The molecule has 0 amide bonds. The molecule has 0 aromatic heterocycles. The lowest BCUT2D eigenvalue weighted by atomic mass is 9.81. The second kappa shape index (κ2) is 7.16. The van der Waals surface area contributed by atoms with Gasteiger partial charge in [-0.2, -0.15) is 0 Å². The van der Waals surface area contributed by atoms with Gasteiger partial charge in [0.2, 0.25) is 0 Å². The van der Waals surface area contributed by atoms with Gasteiger partial charge in [0.15, 0.2) is 11.6 Å². The summed E-state index contributed by atoms with van der Waals surface area (Å²) in [5.41, 5.74) is 4.59. The first-order chi connectivity index (χ1) is 12.7. The summed E-state index contributed by atoms with van der Waals surface area (Å²) in [6.07, 6.45) is 2.51. The zero-order chi connectivity index (χ0) is 18.1. The van der Waals surface area contributed by atoms with Crippen molar-refractivity contribution >= 4 is 17.1 Å². The topological polar surface area (TPSA) is 36.5 Å². The number of piperidine rings is 1. The fourth-order valence-electron chi connectivity index (χ4n) is 4.31. The van der Waals surface area contributed by atoms with Crippen molar-refractivity contribution in [2.45, 2.75) is 18.8 Å². The van der Waals surface area contributed by atoms with Crippen LogP contribution in [0.15, 0.2) is 36.4 Å². The molecule has 2 aromatic rings. The molecule has 138 valence electrons. The van der Waals surface area contributed by atoms with Crippen LogP contribution >= 0.6 is 0 Å². The fourth-order valence-corrected chi connectivity index (χ4v) is 4.31. The third kappa shape index (κ3) is 3.23. The second-order valence-corrected chi connectivity index (χ2v) is 7.32. The summed E-state index contributed by atoms with van der Waals surface area (Å²) in [7, 11) is 3.65. The number of ether oxygens (including phenoxy) is 1. The van der Waals surface area contributed by atoms with Crippen LogP contribution in [0.3, 0.4) is 0 Å². The molecule has 2 aromatic carbocycles. The maximum atomic E-state index is 13.6. The van der Waals surface area contributed by atoms with E-state index in [1.54, 1.807) is 12.1 Å². The number of fused-ring (bicyclic) bond motifs is 1. The molecule has 1 unspecified atom stereocenters. The normalized spacial score (nSPS) is 20.1. The zero-order valence-electron chi connectivity index (χ0n) is 15.4. The molecule has 0 radical (unpaired) electrons. The number of nitrogens with one attached hydrogen (secondary N) is 2. The van der Waals surface area contributed by atoms with Gasteiger partial charge in [-0.3, -0.25) is 0 Å². The highest BCUT2D eigenvalue weighted by molar-refractivity contribution is 5.71. The van der Waals surface area contributed by atoms with E-state index in [0.717, 1.165) is 36.9 Å². The lowest BCUT2D eigenvalue weighted by Gasteiger charge is -2.28. The molecular weight excluding hydrogens is 329 g/mol. The fraction of sp³-hybridized carbons (Fsp3) is 0.429. The molecular formula is C21H26FN3O. The molecule has 1 fully saturated rings. The van der Waals surface area contributed by atoms with Gasteiger partial charge in [-0.05, 0) is 61.7 Å². The zero-order valence-corrected chi connectivity index (χ0v) is 15.4. The van der Waals surface area contributed by atoms with Gasteiger partial charge in [-0.1, -0.05) is 6.07 Å². The Labute approximate surface area is 154 Å². The van der Waals surface area contributed by atoms with Crippen LogP contribution < -0.4 is 20.3 Å². The van der Waals surface area contributed by atoms with Gasteiger partial charge in [0.1, 0.15) is 0 Å². The number of likely N-dealkylation sites (N-methyl/N-ethyl adjacent to an activating group) is 1. The Hall–Kier alpha value is -2.27. The Morgan fingerprint density at radius 2 is 1.85 bits per heavy atom. The molecule has 1 atom stereocenters. The van der Waals surface area contributed by atoms with E-state index < -0.39 is 0 Å². The van der Waals surface area contributed by atoms with E-state index in [1.807, 2.05) is 0 Å². The first-order valence-electron chi connectivity index (χ1n) is 9.32. The molecule has 5 heteroatoms. The number of hydrogen-bond donors (Lipinski definition) is 2. The molecule has 2 aliphatic rings. The lowest BCUT2D eigenvalue weighted by molar-refractivity contribution is 0.327. The van der Waals surface area contributed by atoms with Crippen LogP contribution in [0.1, 0.15) is 24.3 Å². The molecule has 26 heavy (non-hydrogen) atoms. The summed E-state index contributed by atoms with van der Waals surface area (Å²) in [4.78, 5) is 2.36. The quantitative estimate of drug-likeness (QED) is 0.865. The van der Waals surface area contributed by atoms with Crippen LogP contribution in [0.25, 0.3) is 0 Å². The highest BCUT2D eigenvalue weighted by Gasteiger charge is 2.33. The first kappa shape index (κ1) is 17.2. The molecule has 4 nitrogen and oxygen atoms in total. The average molecular weight is 355 g/mol. The summed E-state index contributed by atoms with van der Waals surface area (Å²) in [6, 6.07) is 11.4. The second-order valence-electron chi connectivity index (χ2n) is 7.32. The SMILES string of the molecule is COc1cc(Nc2ccc3c(c2)N(C)CC3C2CCNCC2)ccc1F. The summed E-state index contributed by atoms with van der Waals surface area (Å²) < 4.78 is 18.7. The molecule has 0 aliphatic carbocycles. The van der Waals surface area contributed by atoms with Gasteiger partial charge in [0.25, 0.3) is 0 Å². The molecule has 4 rings (SSSR count). The standard InChI is InChI=1S/C21H26FN3O/c1-25-13-18(14-7-9-23-10-8-14)17-5-3-15(11-20(17)25)24-16-4-6-19(22)21(12-16)26-2/h3-6,11-12,14,18,23-24H,7-10,13H2,1-2H3. The largest absolute Gasteiger partial charge is 0.494 e. The first-order valence-corrected chi connectivity index (χ1v) is 9.32. The van der Waals surface area contributed by atoms with Crippen molar-refractivity contribution in [3.05, 3.63) is 47.8 Å². The molecule has 2 heterocycles. The van der Waals surface area contributed by atoms with E-state index in [2.05, 4.69) is 40.8 Å². The van der Waals surface area contributed by atoms with Crippen molar-refractivity contribution < 1.29 is 9.13 Å². The smallest absolute Gasteiger partial charge is 0.165 e. The maximum Gasteiger partial charge on any atom is 0.165 e. The predicted octanol–water partition coefficient (Wildman–Crippen LogP) is 4.11. The molecule has 0 spiro atoms. The van der Waals surface area contributed by atoms with Crippen molar-refractivity contribution in [3.63, 3.8) is 0 Å². The molecule has 0 bridgehead atoms. The summed E-state index contributed by atoms with van der Waals surface area (Å²) in [5.74, 6) is 1.29. The predicted molar refractivity (Wildman–Crippen MR) is 104 cm³/mol. The Balaban J connectivity index is 1.56. The minimum absolute atomic E-state index is 0.249. The number of halogens is 1. The van der Waals surface area contributed by atoms with Crippen molar-refractivity contribution in [2.75, 3.05) is 44.0 Å². The number of methoxy groups -OCH3 is 1. The van der Waals surface area contributed by atoms with Crippen LogP contribution in [-0.4, -0.2) is 33.8 Å². The third-order valence-electron chi connectivity index (χ3n) is 5.70. The number of nitrogens with zero attached hydrogens (tertiary/aromatic N) is 1. The molecule has 0 saturated carbocycles. The van der Waals surface area contributed by atoms with Crippen molar-refractivity contribution in [1.29, 1.82) is 0 Å². The van der Waals surface area contributed by atoms with Gasteiger partial charge >= 0.3 is 0 Å². The van der Waals surface area contributed by atoms with E-state index in [4.69, 9.17) is 4.74 Å². The third-order valence-corrected chi connectivity index (χ3v) is 5.70. The minimum Gasteiger partial charge on any atom is -0.494 e. The van der Waals surface area contributed by atoms with Crippen LogP contribution in [-0.2, 0) is 0 Å². The Morgan fingerprint density at radius 1 is 1.12 bits per heavy atom. The Morgan fingerprint density at radius 3 is 2.62 bits per heavy atom. The Bertz CT molecular complexity index is 789. The molecule has 2 N–H and O–H groups in total. The van der Waals surface area contributed by atoms with Crippen LogP contribution in [0.5, 0.6) is 5.75 Å². The summed E-state index contributed by atoms with van der Waals surface area (Å²) in [5, 5.41) is 6.83. The number of rotatable bonds is 4. The Kier molecular flexibility index (Phi) is 4.72. The van der Waals surface area contributed by atoms with Crippen LogP contribution in [0.4, 0.5) is 21.5 Å². The summed E-state index contributed by atoms with van der Waals surface area (Å²) >= 11 is 0. The molecule has 2 aliphatic heterocycles. The van der Waals surface area contributed by atoms with Crippen LogP contribution in [0.2, 0.25) is 0 Å². The van der Waals surface area contributed by atoms with Gasteiger partial charge in [0, 0.05) is 42.6 Å². The van der Waals surface area contributed by atoms with E-state index in [9.17, 15) is 4.39 Å². The van der Waals surface area contributed by atoms with E-state index in [1.165, 1.54) is 37.3 Å². The van der Waals surface area contributed by atoms with Crippen molar-refractivity contribution in [3.8, 4) is 5.75 Å². The van der Waals surface area contributed by atoms with E-state index in [0.29, 0.717) is 5.92 Å². The molecule has 1 saturated heterocycles. The average Bonchev–Trinajstić information content (AvgIpc) is 3.00. The van der Waals surface area contributed by atoms with E-state index in [-0.39, 0.29) is 11.6 Å². The van der Waals surface area contributed by atoms with Gasteiger partial charge in [-0.15, -0.1) is 0 Å². The van der Waals surface area contributed by atoms with Crippen molar-refractivity contribution in [2.24, 2.45) is 5.92 Å². The van der Waals surface area contributed by atoms with Gasteiger partial charge < -0.3 is 20.3 Å².